The summed E-state index contributed by atoms with van der Waals surface area (Å²) in [5.74, 6) is -0.816. The van der Waals surface area contributed by atoms with Crippen molar-refractivity contribution in [3.63, 3.8) is 0 Å². The van der Waals surface area contributed by atoms with Gasteiger partial charge in [-0.1, -0.05) is 58.1 Å². The summed E-state index contributed by atoms with van der Waals surface area (Å²) in [6.45, 7) is 4.33. The van der Waals surface area contributed by atoms with E-state index in [2.05, 4.69) is 26.0 Å². The number of carboxylic acid groups (broad SMARTS) is 1. The highest BCUT2D eigenvalue weighted by molar-refractivity contribution is 5.70. The van der Waals surface area contributed by atoms with Crippen LogP contribution in [-0.2, 0) is 4.79 Å². The second-order valence-corrected chi connectivity index (χ2v) is 4.73. The summed E-state index contributed by atoms with van der Waals surface area (Å²) in [4.78, 5) is 11.0. The fraction of sp³-hybridized carbons (Fsp3) is 0.800. The van der Waals surface area contributed by atoms with Gasteiger partial charge in [0.2, 0.25) is 0 Å². The molecule has 0 aliphatic rings. The second kappa shape index (κ2) is 11.7. The first-order valence-electron chi connectivity index (χ1n) is 7.10. The molecule has 0 saturated heterocycles. The van der Waals surface area contributed by atoms with E-state index < -0.39 is 5.97 Å². The van der Waals surface area contributed by atoms with Gasteiger partial charge < -0.3 is 5.11 Å². The van der Waals surface area contributed by atoms with Gasteiger partial charge in [0.25, 0.3) is 0 Å². The molecule has 0 radical (unpaired) electrons. The van der Waals surface area contributed by atoms with Gasteiger partial charge in [0.1, 0.15) is 0 Å². The fourth-order valence-electron chi connectivity index (χ4n) is 1.87. The maximum absolute atomic E-state index is 11.0. The third kappa shape index (κ3) is 10.1. The quantitative estimate of drug-likeness (QED) is 0.416. The predicted molar refractivity (Wildman–Crippen MR) is 73.2 cm³/mol. The molecule has 1 N–H and O–H groups in total. The normalized spacial score (nSPS) is 13.1. The van der Waals surface area contributed by atoms with Crippen LogP contribution in [0, 0.1) is 5.92 Å². The Hall–Kier alpha value is -0.790. The van der Waals surface area contributed by atoms with Gasteiger partial charge in [-0.25, -0.2) is 0 Å². The van der Waals surface area contributed by atoms with Crippen LogP contribution >= 0.6 is 0 Å². The number of hydrogen-bond acceptors (Lipinski definition) is 1. The van der Waals surface area contributed by atoms with Gasteiger partial charge in [0.05, 0.1) is 5.92 Å². The smallest absolute Gasteiger partial charge is 0.306 e. The molecule has 0 bridgehead atoms. The van der Waals surface area contributed by atoms with E-state index in [1.807, 2.05) is 0 Å². The number of rotatable bonds is 11. The van der Waals surface area contributed by atoms with E-state index in [9.17, 15) is 4.79 Å². The van der Waals surface area contributed by atoms with Crippen LogP contribution in [0.25, 0.3) is 0 Å². The van der Waals surface area contributed by atoms with Gasteiger partial charge in [0, 0.05) is 0 Å². The van der Waals surface area contributed by atoms with Gasteiger partial charge in [0.15, 0.2) is 0 Å². The van der Waals surface area contributed by atoms with Crippen molar-refractivity contribution in [2.75, 3.05) is 0 Å². The molecule has 1 unspecified atom stereocenters. The molecule has 0 aliphatic carbocycles. The Kier molecular flexibility index (Phi) is 11.1. The molecule has 2 heteroatoms. The molecule has 0 amide bonds. The zero-order valence-corrected chi connectivity index (χ0v) is 11.5. The van der Waals surface area contributed by atoms with E-state index in [0.29, 0.717) is 6.42 Å². The first-order chi connectivity index (χ1) is 8.22. The van der Waals surface area contributed by atoms with Gasteiger partial charge >= 0.3 is 5.97 Å². The Morgan fingerprint density at radius 1 is 1.06 bits per heavy atom. The number of carboxylic acids is 1. The lowest BCUT2D eigenvalue weighted by molar-refractivity contribution is -0.141. The molecule has 0 aromatic rings. The summed E-state index contributed by atoms with van der Waals surface area (Å²) in [6, 6.07) is 0. The fourth-order valence-corrected chi connectivity index (χ4v) is 1.87. The molecule has 0 spiro atoms. The first kappa shape index (κ1) is 16.2. The van der Waals surface area contributed by atoms with Crippen LogP contribution in [0.5, 0.6) is 0 Å². The molecular formula is C15H28O2. The van der Waals surface area contributed by atoms with E-state index in [0.717, 1.165) is 32.1 Å². The van der Waals surface area contributed by atoms with E-state index in [1.54, 1.807) is 0 Å². The van der Waals surface area contributed by atoms with Gasteiger partial charge in [-0.05, 0) is 25.7 Å². The monoisotopic (exact) mass is 240 g/mol. The van der Waals surface area contributed by atoms with Crippen LogP contribution in [0.4, 0.5) is 0 Å². The summed E-state index contributed by atoms with van der Waals surface area (Å²) in [5.41, 5.74) is 0. The predicted octanol–water partition coefficient (Wildman–Crippen LogP) is 4.79. The summed E-state index contributed by atoms with van der Waals surface area (Å²) in [5, 5.41) is 9.08. The number of carbonyl (C=O) groups is 1. The molecule has 0 aromatic heterocycles. The van der Waals surface area contributed by atoms with Crippen LogP contribution in [0.1, 0.15) is 71.6 Å². The third-order valence-electron chi connectivity index (χ3n) is 3.07. The minimum Gasteiger partial charge on any atom is -0.481 e. The van der Waals surface area contributed by atoms with Crippen molar-refractivity contribution >= 4 is 5.97 Å². The van der Waals surface area contributed by atoms with Crippen molar-refractivity contribution in [3.8, 4) is 0 Å². The molecule has 0 saturated carbocycles. The highest BCUT2D eigenvalue weighted by atomic mass is 16.4. The third-order valence-corrected chi connectivity index (χ3v) is 3.07. The maximum atomic E-state index is 11.0. The van der Waals surface area contributed by atoms with E-state index in [4.69, 9.17) is 5.11 Å². The second-order valence-electron chi connectivity index (χ2n) is 4.73. The van der Waals surface area contributed by atoms with Crippen LogP contribution < -0.4 is 0 Å². The molecule has 0 fully saturated rings. The molecule has 2 nitrogen and oxygen atoms in total. The average molecular weight is 240 g/mol. The molecule has 0 aliphatic heterocycles. The largest absolute Gasteiger partial charge is 0.481 e. The lowest BCUT2D eigenvalue weighted by atomic mass is 9.97. The summed E-state index contributed by atoms with van der Waals surface area (Å²) >= 11 is 0. The lowest BCUT2D eigenvalue weighted by Gasteiger charge is -2.08. The summed E-state index contributed by atoms with van der Waals surface area (Å²) < 4.78 is 0. The van der Waals surface area contributed by atoms with Gasteiger partial charge in [-0.3, -0.25) is 4.79 Å². The summed E-state index contributed by atoms with van der Waals surface area (Å²) in [6.07, 6.45) is 13.9. The molecule has 0 aromatic carbocycles. The SMILES string of the molecule is CCCCC/C=C\CC(CCCCC)C(=O)O. The van der Waals surface area contributed by atoms with Crippen LogP contribution in [0.15, 0.2) is 12.2 Å². The molecule has 100 valence electrons. The number of aliphatic carboxylic acids is 1. The Morgan fingerprint density at radius 2 is 1.71 bits per heavy atom. The molecule has 17 heavy (non-hydrogen) atoms. The van der Waals surface area contributed by atoms with E-state index in [-0.39, 0.29) is 5.92 Å². The van der Waals surface area contributed by atoms with E-state index >= 15 is 0 Å². The van der Waals surface area contributed by atoms with Crippen LogP contribution in [0.3, 0.4) is 0 Å². The molecule has 1 atom stereocenters. The zero-order valence-electron chi connectivity index (χ0n) is 11.5. The Labute approximate surface area is 106 Å². The van der Waals surface area contributed by atoms with Crippen molar-refractivity contribution in [2.24, 2.45) is 5.92 Å². The van der Waals surface area contributed by atoms with Crippen molar-refractivity contribution in [1.29, 1.82) is 0 Å². The standard InChI is InChI=1S/C15H28O2/c1-3-5-7-8-9-11-13-14(15(16)17)12-10-6-4-2/h9,11,14H,3-8,10,12-13H2,1-2H3,(H,16,17)/b11-9-. The number of unbranched alkanes of at least 4 members (excludes halogenated alkanes) is 5. The van der Waals surface area contributed by atoms with Crippen LogP contribution in [-0.4, -0.2) is 11.1 Å². The van der Waals surface area contributed by atoms with Crippen LogP contribution in [0.2, 0.25) is 0 Å². The Bertz CT molecular complexity index is 209. The average Bonchev–Trinajstić information content (AvgIpc) is 2.31. The topological polar surface area (TPSA) is 37.3 Å². The zero-order chi connectivity index (χ0) is 12.9. The molecular weight excluding hydrogens is 212 g/mol. The Morgan fingerprint density at radius 3 is 2.29 bits per heavy atom. The first-order valence-corrected chi connectivity index (χ1v) is 7.10. The molecule has 0 rings (SSSR count). The summed E-state index contributed by atoms with van der Waals surface area (Å²) in [7, 11) is 0. The minimum atomic E-state index is -0.640. The highest BCUT2D eigenvalue weighted by Crippen LogP contribution is 2.15. The van der Waals surface area contributed by atoms with Gasteiger partial charge in [-0.15, -0.1) is 0 Å². The maximum Gasteiger partial charge on any atom is 0.306 e. The number of allylic oxidation sites excluding steroid dienone is 2. The minimum absolute atomic E-state index is 0.177. The van der Waals surface area contributed by atoms with Crippen molar-refractivity contribution in [1.82, 2.24) is 0 Å². The highest BCUT2D eigenvalue weighted by Gasteiger charge is 2.14. The van der Waals surface area contributed by atoms with Crippen molar-refractivity contribution in [3.05, 3.63) is 12.2 Å². The van der Waals surface area contributed by atoms with E-state index in [1.165, 1.54) is 19.3 Å². The Balaban J connectivity index is 3.72. The molecule has 0 heterocycles. The lowest BCUT2D eigenvalue weighted by Crippen LogP contribution is -2.12. The van der Waals surface area contributed by atoms with Crippen molar-refractivity contribution in [2.45, 2.75) is 71.6 Å². The van der Waals surface area contributed by atoms with Gasteiger partial charge in [-0.2, -0.15) is 0 Å². The number of hydrogen-bond donors (Lipinski definition) is 1. The van der Waals surface area contributed by atoms with Crippen molar-refractivity contribution < 1.29 is 9.90 Å².